The van der Waals surface area contributed by atoms with Crippen LogP contribution >= 0.6 is 0 Å². The molecule has 2 aromatic rings. The van der Waals surface area contributed by atoms with Crippen molar-refractivity contribution in [3.05, 3.63) is 71.1 Å². The Morgan fingerprint density at radius 3 is 1.85 bits per heavy atom. The van der Waals surface area contributed by atoms with Gasteiger partial charge in [0.25, 0.3) is 0 Å². The Hall–Kier alpha value is -2.78. The van der Waals surface area contributed by atoms with Crippen LogP contribution < -0.4 is 9.47 Å². The topological polar surface area (TPSA) is 18.5 Å². The predicted molar refractivity (Wildman–Crippen MR) is 138 cm³/mol. The molecule has 2 fully saturated rings. The van der Waals surface area contributed by atoms with Gasteiger partial charge in [0.15, 0.2) is 11.6 Å². The number of hydrogen-bond donors (Lipinski definition) is 0. The van der Waals surface area contributed by atoms with Crippen molar-refractivity contribution in [1.82, 2.24) is 0 Å². The average molecular weight is 591 g/mol. The second kappa shape index (κ2) is 13.0. The maximum Gasteiger partial charge on any atom is 0.573 e. The van der Waals surface area contributed by atoms with Gasteiger partial charge in [-0.05, 0) is 99.2 Å². The van der Waals surface area contributed by atoms with Crippen LogP contribution in [0.25, 0.3) is 0 Å². The summed E-state index contributed by atoms with van der Waals surface area (Å²) in [5.74, 6) is -6.90. The van der Waals surface area contributed by atoms with Crippen LogP contribution in [-0.4, -0.2) is 12.5 Å². The van der Waals surface area contributed by atoms with Gasteiger partial charge in [-0.15, -0.1) is 13.2 Å². The van der Waals surface area contributed by atoms with Crippen LogP contribution in [0, 0.1) is 35.2 Å². The van der Waals surface area contributed by atoms with E-state index in [9.17, 15) is 35.1 Å². The zero-order chi connectivity index (χ0) is 29.8. The lowest BCUT2D eigenvalue weighted by Gasteiger charge is -2.39. The highest BCUT2D eigenvalue weighted by molar-refractivity contribution is 5.35. The molecule has 0 bridgehead atoms. The highest BCUT2D eigenvalue weighted by Crippen LogP contribution is 2.47. The average Bonchev–Trinajstić information content (AvgIpc) is 2.91. The minimum atomic E-state index is -5.35. The molecule has 0 atom stereocenters. The molecule has 0 aromatic heterocycles. The van der Waals surface area contributed by atoms with Gasteiger partial charge in [0.05, 0.1) is 5.92 Å². The lowest BCUT2D eigenvalue weighted by molar-refractivity contribution is -0.276. The third-order valence-corrected chi connectivity index (χ3v) is 8.39. The van der Waals surface area contributed by atoms with Gasteiger partial charge in [-0.2, -0.15) is 8.78 Å². The van der Waals surface area contributed by atoms with Crippen LogP contribution in [0.2, 0.25) is 0 Å². The fourth-order valence-corrected chi connectivity index (χ4v) is 6.29. The van der Waals surface area contributed by atoms with Gasteiger partial charge in [0.1, 0.15) is 11.6 Å². The van der Waals surface area contributed by atoms with Crippen LogP contribution in [0.1, 0.15) is 81.8 Å². The molecule has 10 heteroatoms. The van der Waals surface area contributed by atoms with Crippen molar-refractivity contribution in [3.8, 4) is 11.5 Å². The lowest BCUT2D eigenvalue weighted by Crippen LogP contribution is -2.38. The maximum absolute atomic E-state index is 14.9. The summed E-state index contributed by atoms with van der Waals surface area (Å²) in [5.41, 5.74) is 1.67. The number of hydrogen-bond acceptors (Lipinski definition) is 2. The smallest absolute Gasteiger partial charge is 0.432 e. The van der Waals surface area contributed by atoms with E-state index in [0.717, 1.165) is 43.2 Å². The Labute approximate surface area is 234 Å². The molecule has 2 aromatic carbocycles. The quantitative estimate of drug-likeness (QED) is 0.214. The van der Waals surface area contributed by atoms with E-state index in [0.29, 0.717) is 25.2 Å². The van der Waals surface area contributed by atoms with Crippen molar-refractivity contribution < 1.29 is 44.6 Å². The molecule has 0 heterocycles. The zero-order valence-corrected chi connectivity index (χ0v) is 22.8. The molecule has 0 aliphatic heterocycles. The van der Waals surface area contributed by atoms with Gasteiger partial charge in [0.2, 0.25) is 5.75 Å². The van der Waals surface area contributed by atoms with E-state index in [1.54, 1.807) is 6.07 Å². The molecule has 226 valence electrons. The summed E-state index contributed by atoms with van der Waals surface area (Å²) in [7, 11) is 0. The minimum absolute atomic E-state index is 0.134. The normalized spacial score (nSPS) is 24.0. The van der Waals surface area contributed by atoms with Crippen molar-refractivity contribution in [3.63, 3.8) is 0 Å². The SMILES string of the molecule is CC/C=C\Cc1ccc(C2CCC(C3CCC(C(F)(F)Oc4cc(F)c(OC(F)(F)F)c(F)c4)CC3)CC2)c(F)c1. The van der Waals surface area contributed by atoms with Crippen LogP contribution in [0.5, 0.6) is 11.5 Å². The van der Waals surface area contributed by atoms with Crippen molar-refractivity contribution in [2.24, 2.45) is 17.8 Å². The Balaban J connectivity index is 1.28. The predicted octanol–water partition coefficient (Wildman–Crippen LogP) is 10.3. The summed E-state index contributed by atoms with van der Waals surface area (Å²) < 4.78 is 117. The van der Waals surface area contributed by atoms with Gasteiger partial charge < -0.3 is 9.47 Å². The van der Waals surface area contributed by atoms with E-state index < -0.39 is 41.5 Å². The molecule has 2 aliphatic rings. The maximum atomic E-state index is 14.9. The highest BCUT2D eigenvalue weighted by atomic mass is 19.4. The lowest BCUT2D eigenvalue weighted by atomic mass is 9.68. The van der Waals surface area contributed by atoms with Crippen LogP contribution in [0.4, 0.5) is 35.1 Å². The molecule has 0 spiro atoms. The van der Waals surface area contributed by atoms with Gasteiger partial charge in [0, 0.05) is 12.1 Å². The first-order chi connectivity index (χ1) is 19.4. The number of rotatable bonds is 9. The van der Waals surface area contributed by atoms with Crippen molar-refractivity contribution in [1.29, 1.82) is 0 Å². The zero-order valence-electron chi connectivity index (χ0n) is 22.8. The van der Waals surface area contributed by atoms with Crippen molar-refractivity contribution in [2.75, 3.05) is 0 Å². The Morgan fingerprint density at radius 2 is 1.32 bits per heavy atom. The van der Waals surface area contributed by atoms with Gasteiger partial charge in [-0.25, -0.2) is 13.2 Å². The van der Waals surface area contributed by atoms with Crippen LogP contribution in [0.3, 0.4) is 0 Å². The van der Waals surface area contributed by atoms with Gasteiger partial charge >= 0.3 is 12.5 Å². The second-order valence-corrected chi connectivity index (χ2v) is 11.1. The second-order valence-electron chi connectivity index (χ2n) is 11.1. The molecule has 0 amide bonds. The standard InChI is InChI=1S/C31H34F8O2/c1-2-3-4-5-19-6-15-25(26(32)16-19)22-9-7-20(8-10-22)21-11-13-23(14-12-21)30(35,36)40-24-17-27(33)29(28(34)18-24)41-31(37,38)39/h3-4,6,15-18,20-23H,2,5,7-14H2,1H3/b4-3-. The van der Waals surface area contributed by atoms with Crippen molar-refractivity contribution >= 4 is 0 Å². The minimum Gasteiger partial charge on any atom is -0.432 e. The summed E-state index contributed by atoms with van der Waals surface area (Å²) in [6.45, 7) is 2.05. The first-order valence-electron chi connectivity index (χ1n) is 14.1. The molecular formula is C31H34F8O2. The van der Waals surface area contributed by atoms with Crippen LogP contribution in [0.15, 0.2) is 42.5 Å². The molecule has 41 heavy (non-hydrogen) atoms. The van der Waals surface area contributed by atoms with Crippen molar-refractivity contribution in [2.45, 2.75) is 89.5 Å². The third-order valence-electron chi connectivity index (χ3n) is 8.39. The monoisotopic (exact) mass is 590 g/mol. The molecule has 0 radical (unpaired) electrons. The van der Waals surface area contributed by atoms with Gasteiger partial charge in [-0.1, -0.05) is 31.2 Å². The van der Waals surface area contributed by atoms with E-state index in [4.69, 9.17) is 0 Å². The van der Waals surface area contributed by atoms with Crippen LogP contribution in [-0.2, 0) is 6.42 Å². The Bertz CT molecular complexity index is 1170. The summed E-state index contributed by atoms with van der Waals surface area (Å²) in [6, 6.07) is 5.97. The summed E-state index contributed by atoms with van der Waals surface area (Å²) in [6.07, 6.45) is 1.40. The number of ether oxygens (including phenoxy) is 2. The Morgan fingerprint density at radius 1 is 0.732 bits per heavy atom. The summed E-state index contributed by atoms with van der Waals surface area (Å²) in [4.78, 5) is 0. The number of halogens is 8. The number of allylic oxidation sites excluding steroid dienone is 2. The first-order valence-corrected chi connectivity index (χ1v) is 14.1. The number of alkyl halides is 5. The highest BCUT2D eigenvalue weighted by Gasteiger charge is 2.45. The third kappa shape index (κ3) is 8.16. The van der Waals surface area contributed by atoms with E-state index in [1.807, 2.05) is 25.1 Å². The van der Waals surface area contributed by atoms with E-state index in [1.165, 1.54) is 0 Å². The molecule has 0 N–H and O–H groups in total. The van der Waals surface area contributed by atoms with E-state index in [-0.39, 0.29) is 42.6 Å². The Kier molecular flexibility index (Phi) is 9.90. The number of benzene rings is 2. The fourth-order valence-electron chi connectivity index (χ4n) is 6.29. The molecular weight excluding hydrogens is 556 g/mol. The van der Waals surface area contributed by atoms with Gasteiger partial charge in [-0.3, -0.25) is 0 Å². The molecule has 0 unspecified atom stereocenters. The van der Waals surface area contributed by atoms with E-state index >= 15 is 0 Å². The first kappa shape index (κ1) is 31.2. The molecule has 2 saturated carbocycles. The summed E-state index contributed by atoms with van der Waals surface area (Å²) >= 11 is 0. The fraction of sp³-hybridized carbons (Fsp3) is 0.548. The van der Waals surface area contributed by atoms with E-state index in [2.05, 4.69) is 15.5 Å². The molecule has 2 aliphatic carbocycles. The summed E-state index contributed by atoms with van der Waals surface area (Å²) in [5, 5.41) is 0. The molecule has 4 rings (SSSR count). The molecule has 0 saturated heterocycles. The largest absolute Gasteiger partial charge is 0.573 e. The molecule has 2 nitrogen and oxygen atoms in total.